The Morgan fingerprint density at radius 1 is 1.40 bits per heavy atom. The molecule has 0 aliphatic carbocycles. The maximum Gasteiger partial charge on any atom is 0.270 e. The number of non-ortho nitro benzene ring substituents is 1. The van der Waals surface area contributed by atoms with Gasteiger partial charge in [-0.1, -0.05) is 6.92 Å². The van der Waals surface area contributed by atoms with Crippen molar-refractivity contribution in [2.45, 2.75) is 39.3 Å². The van der Waals surface area contributed by atoms with E-state index in [2.05, 4.69) is 21.8 Å². The molecule has 1 aliphatic heterocycles. The maximum absolute atomic E-state index is 11.0. The first-order valence-electron chi connectivity index (χ1n) is 8.48. The molecule has 25 heavy (non-hydrogen) atoms. The van der Waals surface area contributed by atoms with Crippen LogP contribution in [0.25, 0.3) is 0 Å². The van der Waals surface area contributed by atoms with Crippen molar-refractivity contribution >= 4 is 5.69 Å². The van der Waals surface area contributed by atoms with Gasteiger partial charge in [0.2, 0.25) is 0 Å². The fourth-order valence-corrected chi connectivity index (χ4v) is 3.14. The summed E-state index contributed by atoms with van der Waals surface area (Å²) in [6, 6.07) is 4.72. The number of aromatic nitrogens is 2. The third kappa shape index (κ3) is 3.93. The molecule has 0 spiro atoms. The smallest absolute Gasteiger partial charge is 0.270 e. The van der Waals surface area contributed by atoms with Gasteiger partial charge in [0, 0.05) is 67.6 Å². The van der Waals surface area contributed by atoms with E-state index in [4.69, 9.17) is 4.74 Å². The van der Waals surface area contributed by atoms with Crippen LogP contribution in [0.15, 0.2) is 24.4 Å². The van der Waals surface area contributed by atoms with Crippen LogP contribution in [-0.4, -0.2) is 33.4 Å². The van der Waals surface area contributed by atoms with Crippen molar-refractivity contribution in [3.05, 3.63) is 57.2 Å². The van der Waals surface area contributed by atoms with Crippen LogP contribution in [0.3, 0.4) is 0 Å². The zero-order valence-electron chi connectivity index (χ0n) is 14.6. The van der Waals surface area contributed by atoms with Gasteiger partial charge in [-0.2, -0.15) is 0 Å². The lowest BCUT2D eigenvalue weighted by molar-refractivity contribution is -0.385. The van der Waals surface area contributed by atoms with Crippen LogP contribution in [-0.2, 0) is 25.9 Å². The van der Waals surface area contributed by atoms with Crippen molar-refractivity contribution in [1.82, 2.24) is 14.9 Å². The third-order valence-corrected chi connectivity index (χ3v) is 4.41. The molecule has 1 aliphatic rings. The van der Waals surface area contributed by atoms with Crippen LogP contribution in [0.2, 0.25) is 0 Å². The van der Waals surface area contributed by atoms with E-state index in [1.165, 1.54) is 6.07 Å². The Morgan fingerprint density at radius 3 is 2.96 bits per heavy atom. The summed E-state index contributed by atoms with van der Waals surface area (Å²) in [4.78, 5) is 22.0. The Hall–Kier alpha value is -2.54. The molecule has 1 aromatic heterocycles. The quantitative estimate of drug-likeness (QED) is 0.593. The van der Waals surface area contributed by atoms with Crippen molar-refractivity contribution in [3.8, 4) is 5.75 Å². The van der Waals surface area contributed by atoms with Gasteiger partial charge in [-0.25, -0.2) is 9.97 Å². The van der Waals surface area contributed by atoms with E-state index in [1.807, 2.05) is 6.20 Å². The largest absolute Gasteiger partial charge is 0.496 e. The Labute approximate surface area is 146 Å². The number of hydrogen-bond acceptors (Lipinski definition) is 6. The van der Waals surface area contributed by atoms with Gasteiger partial charge in [0.25, 0.3) is 5.69 Å². The predicted octanol–water partition coefficient (Wildman–Crippen LogP) is 2.90. The van der Waals surface area contributed by atoms with Gasteiger partial charge in [0.1, 0.15) is 11.6 Å². The van der Waals surface area contributed by atoms with E-state index in [-0.39, 0.29) is 10.6 Å². The summed E-state index contributed by atoms with van der Waals surface area (Å²) in [5.74, 6) is 1.58. The van der Waals surface area contributed by atoms with Crippen molar-refractivity contribution in [2.75, 3.05) is 13.7 Å². The summed E-state index contributed by atoms with van der Waals surface area (Å²) in [6.07, 6.45) is 4.73. The van der Waals surface area contributed by atoms with E-state index in [0.29, 0.717) is 12.3 Å². The second kappa shape index (κ2) is 7.57. The van der Waals surface area contributed by atoms with Crippen LogP contribution < -0.4 is 4.74 Å². The second-order valence-electron chi connectivity index (χ2n) is 6.22. The van der Waals surface area contributed by atoms with E-state index in [0.717, 1.165) is 55.0 Å². The lowest BCUT2D eigenvalue weighted by Crippen LogP contribution is -2.31. The maximum atomic E-state index is 11.0. The lowest BCUT2D eigenvalue weighted by Gasteiger charge is -2.28. The average Bonchev–Trinajstić information content (AvgIpc) is 2.62. The highest BCUT2D eigenvalue weighted by Crippen LogP contribution is 2.27. The molecule has 7 heteroatoms. The summed E-state index contributed by atoms with van der Waals surface area (Å²) < 4.78 is 5.36. The van der Waals surface area contributed by atoms with Gasteiger partial charge >= 0.3 is 0 Å². The lowest BCUT2D eigenvalue weighted by atomic mass is 10.1. The molecule has 0 saturated heterocycles. The molecule has 0 atom stereocenters. The number of aryl methyl sites for hydroxylation is 1. The molecule has 0 bridgehead atoms. The molecule has 3 rings (SSSR count). The topological polar surface area (TPSA) is 81.4 Å². The number of rotatable bonds is 6. The number of hydrogen-bond donors (Lipinski definition) is 0. The summed E-state index contributed by atoms with van der Waals surface area (Å²) in [6.45, 7) is 4.33. The standard InChI is InChI=1S/C18H22N4O3/c1-3-4-18-19-10-14-12-21(8-7-16(14)20-18)11-13-9-15(22(23)24)5-6-17(13)25-2/h5-6,9-10H,3-4,7-8,11-12H2,1-2H3. The highest BCUT2D eigenvalue weighted by Gasteiger charge is 2.21. The summed E-state index contributed by atoms with van der Waals surface area (Å²) in [5, 5.41) is 11.0. The number of fused-ring (bicyclic) bond motifs is 1. The van der Waals surface area contributed by atoms with Crippen LogP contribution in [0.5, 0.6) is 5.75 Å². The zero-order chi connectivity index (χ0) is 17.8. The fourth-order valence-electron chi connectivity index (χ4n) is 3.14. The van der Waals surface area contributed by atoms with Crippen molar-refractivity contribution < 1.29 is 9.66 Å². The van der Waals surface area contributed by atoms with E-state index >= 15 is 0 Å². The van der Waals surface area contributed by atoms with Crippen LogP contribution >= 0.6 is 0 Å². The summed E-state index contributed by atoms with van der Waals surface area (Å²) >= 11 is 0. The van der Waals surface area contributed by atoms with Crippen LogP contribution in [0, 0.1) is 10.1 Å². The number of nitro groups is 1. The molecule has 7 nitrogen and oxygen atoms in total. The van der Waals surface area contributed by atoms with Crippen molar-refractivity contribution in [2.24, 2.45) is 0 Å². The Kier molecular flexibility index (Phi) is 5.23. The Balaban J connectivity index is 1.77. The summed E-state index contributed by atoms with van der Waals surface area (Å²) in [7, 11) is 1.58. The fraction of sp³-hybridized carbons (Fsp3) is 0.444. The molecule has 2 heterocycles. The number of nitro benzene ring substituents is 1. The first-order chi connectivity index (χ1) is 12.1. The van der Waals surface area contributed by atoms with Crippen LogP contribution in [0.4, 0.5) is 5.69 Å². The molecular weight excluding hydrogens is 320 g/mol. The monoisotopic (exact) mass is 342 g/mol. The molecule has 0 radical (unpaired) electrons. The molecule has 0 N–H and O–H groups in total. The van der Waals surface area contributed by atoms with Crippen molar-refractivity contribution in [3.63, 3.8) is 0 Å². The first kappa shape index (κ1) is 17.3. The number of ether oxygens (including phenoxy) is 1. The minimum atomic E-state index is -0.377. The molecular formula is C18H22N4O3. The molecule has 1 aromatic carbocycles. The van der Waals surface area contributed by atoms with Gasteiger partial charge in [0.05, 0.1) is 12.0 Å². The highest BCUT2D eigenvalue weighted by atomic mass is 16.6. The second-order valence-corrected chi connectivity index (χ2v) is 6.22. The Bertz CT molecular complexity index is 779. The van der Waals surface area contributed by atoms with Gasteiger partial charge in [0.15, 0.2) is 0 Å². The molecule has 0 unspecified atom stereocenters. The van der Waals surface area contributed by atoms with E-state index in [1.54, 1.807) is 19.2 Å². The van der Waals surface area contributed by atoms with Gasteiger partial charge in [-0.15, -0.1) is 0 Å². The van der Waals surface area contributed by atoms with Crippen LogP contribution in [0.1, 0.15) is 36.0 Å². The normalized spacial score (nSPS) is 14.2. The third-order valence-electron chi connectivity index (χ3n) is 4.41. The Morgan fingerprint density at radius 2 is 2.24 bits per heavy atom. The SMILES string of the molecule is CCCc1ncc2c(n1)CCN(Cc1cc([N+](=O)[O-])ccc1OC)C2. The van der Waals surface area contributed by atoms with E-state index < -0.39 is 0 Å². The number of nitrogens with zero attached hydrogens (tertiary/aromatic N) is 4. The van der Waals surface area contributed by atoms with Crippen molar-refractivity contribution in [1.29, 1.82) is 0 Å². The minimum absolute atomic E-state index is 0.0840. The average molecular weight is 342 g/mol. The first-order valence-corrected chi connectivity index (χ1v) is 8.48. The number of methoxy groups -OCH3 is 1. The summed E-state index contributed by atoms with van der Waals surface area (Å²) in [5.41, 5.74) is 3.17. The number of benzene rings is 1. The minimum Gasteiger partial charge on any atom is -0.496 e. The van der Waals surface area contributed by atoms with Gasteiger partial charge < -0.3 is 4.74 Å². The van der Waals surface area contributed by atoms with Gasteiger partial charge in [-0.05, 0) is 12.5 Å². The molecule has 0 amide bonds. The molecule has 0 saturated carbocycles. The van der Waals surface area contributed by atoms with Gasteiger partial charge in [-0.3, -0.25) is 15.0 Å². The highest BCUT2D eigenvalue weighted by molar-refractivity contribution is 5.43. The van der Waals surface area contributed by atoms with E-state index in [9.17, 15) is 10.1 Å². The predicted molar refractivity (Wildman–Crippen MR) is 93.5 cm³/mol. The zero-order valence-corrected chi connectivity index (χ0v) is 14.6. The molecule has 132 valence electrons. The molecule has 0 fully saturated rings. The molecule has 2 aromatic rings.